The summed E-state index contributed by atoms with van der Waals surface area (Å²) in [6, 6.07) is 0.467. The van der Waals surface area contributed by atoms with Crippen molar-refractivity contribution in [1.82, 2.24) is 5.32 Å². The lowest BCUT2D eigenvalue weighted by molar-refractivity contribution is 0.171. The first kappa shape index (κ1) is 7.98. The molecule has 0 radical (unpaired) electrons. The lowest BCUT2D eigenvalue weighted by atomic mass is 10.2. The van der Waals surface area contributed by atoms with E-state index in [-0.39, 0.29) is 6.10 Å². The molecule has 0 aromatic heterocycles. The molecule has 1 heterocycles. The Morgan fingerprint density at radius 3 is 3.10 bits per heavy atom. The molecule has 0 aliphatic carbocycles. The summed E-state index contributed by atoms with van der Waals surface area (Å²) in [5.41, 5.74) is 0. The molecule has 0 bridgehead atoms. The zero-order valence-electron chi connectivity index (χ0n) is 6.34. The van der Waals surface area contributed by atoms with Crippen molar-refractivity contribution in [2.45, 2.75) is 25.5 Å². The maximum atomic E-state index is 8.91. The van der Waals surface area contributed by atoms with Gasteiger partial charge in [-0.25, -0.2) is 0 Å². The van der Waals surface area contributed by atoms with Gasteiger partial charge in [-0.15, -0.1) is 0 Å². The number of hydrogen-bond donors (Lipinski definition) is 2. The van der Waals surface area contributed by atoms with E-state index in [4.69, 9.17) is 9.84 Å². The molecule has 60 valence electrons. The zero-order valence-corrected chi connectivity index (χ0v) is 6.34. The molecule has 1 aliphatic rings. The highest BCUT2D eigenvalue weighted by Crippen LogP contribution is 2.02. The second-order valence-electron chi connectivity index (χ2n) is 2.82. The maximum absolute atomic E-state index is 8.91. The van der Waals surface area contributed by atoms with E-state index in [0.29, 0.717) is 12.6 Å². The smallest absolute Gasteiger partial charge is 0.0636 e. The van der Waals surface area contributed by atoms with Crippen LogP contribution in [0.25, 0.3) is 0 Å². The molecule has 0 spiro atoms. The van der Waals surface area contributed by atoms with Crippen LogP contribution in [0.3, 0.4) is 0 Å². The second kappa shape index (κ2) is 3.91. The predicted molar refractivity (Wildman–Crippen MR) is 38.9 cm³/mol. The van der Waals surface area contributed by atoms with E-state index in [9.17, 15) is 0 Å². The third kappa shape index (κ3) is 2.64. The lowest BCUT2D eigenvalue weighted by Crippen LogP contribution is -2.34. The highest BCUT2D eigenvalue weighted by Gasteiger charge is 2.14. The Morgan fingerprint density at radius 1 is 1.80 bits per heavy atom. The van der Waals surface area contributed by atoms with Crippen LogP contribution < -0.4 is 5.32 Å². The third-order valence-corrected chi connectivity index (χ3v) is 1.63. The topological polar surface area (TPSA) is 41.5 Å². The molecular formula is C7H15NO2. The fraction of sp³-hybridized carbons (Fsp3) is 1.00. The van der Waals surface area contributed by atoms with Gasteiger partial charge >= 0.3 is 0 Å². The number of aliphatic hydroxyl groups is 1. The maximum Gasteiger partial charge on any atom is 0.0636 e. The van der Waals surface area contributed by atoms with Crippen LogP contribution in [-0.2, 0) is 4.74 Å². The van der Waals surface area contributed by atoms with Gasteiger partial charge in [-0.1, -0.05) is 0 Å². The largest absolute Gasteiger partial charge is 0.392 e. The molecular weight excluding hydrogens is 130 g/mol. The Balaban J connectivity index is 2.01. The molecule has 0 amide bonds. The van der Waals surface area contributed by atoms with E-state index in [1.54, 1.807) is 6.92 Å². The summed E-state index contributed by atoms with van der Waals surface area (Å²) < 4.78 is 5.15. The summed E-state index contributed by atoms with van der Waals surface area (Å²) in [6.07, 6.45) is 0.827. The molecule has 3 heteroatoms. The second-order valence-corrected chi connectivity index (χ2v) is 2.82. The molecule has 10 heavy (non-hydrogen) atoms. The average Bonchev–Trinajstić information content (AvgIpc) is 2.34. The third-order valence-electron chi connectivity index (χ3n) is 1.63. The standard InChI is InChI=1S/C7H15NO2/c1-6(9)4-8-7-2-3-10-5-7/h6-9H,2-5H2,1H3/t6-,7?/m0/s1. The van der Waals surface area contributed by atoms with Crippen LogP contribution in [0.2, 0.25) is 0 Å². The fourth-order valence-corrected chi connectivity index (χ4v) is 1.03. The number of rotatable bonds is 3. The first-order valence-electron chi connectivity index (χ1n) is 3.78. The van der Waals surface area contributed by atoms with Gasteiger partial charge in [0.1, 0.15) is 0 Å². The molecule has 2 N–H and O–H groups in total. The van der Waals surface area contributed by atoms with Gasteiger partial charge in [0.05, 0.1) is 12.7 Å². The molecule has 0 saturated carbocycles. The first-order valence-corrected chi connectivity index (χ1v) is 3.78. The summed E-state index contributed by atoms with van der Waals surface area (Å²) in [4.78, 5) is 0. The summed E-state index contributed by atoms with van der Waals surface area (Å²) >= 11 is 0. The van der Waals surface area contributed by atoms with Gasteiger partial charge in [0, 0.05) is 19.2 Å². The van der Waals surface area contributed by atoms with E-state index >= 15 is 0 Å². The zero-order chi connectivity index (χ0) is 7.40. The molecule has 1 fully saturated rings. The Kier molecular flexibility index (Phi) is 3.12. The Labute approximate surface area is 61.4 Å². The SMILES string of the molecule is C[C@H](O)CNC1CCOC1. The molecule has 0 aromatic carbocycles. The normalized spacial score (nSPS) is 28.8. The van der Waals surface area contributed by atoms with Crippen molar-refractivity contribution in [2.24, 2.45) is 0 Å². The van der Waals surface area contributed by atoms with Crippen LogP contribution in [0.4, 0.5) is 0 Å². The Hall–Kier alpha value is -0.120. The van der Waals surface area contributed by atoms with Crippen LogP contribution in [-0.4, -0.2) is 37.0 Å². The van der Waals surface area contributed by atoms with E-state index in [2.05, 4.69) is 5.32 Å². The summed E-state index contributed by atoms with van der Waals surface area (Å²) in [5, 5.41) is 12.1. The van der Waals surface area contributed by atoms with E-state index in [1.807, 2.05) is 0 Å². The van der Waals surface area contributed by atoms with Crippen LogP contribution >= 0.6 is 0 Å². The van der Waals surface area contributed by atoms with E-state index < -0.39 is 0 Å². The predicted octanol–water partition coefficient (Wildman–Crippen LogP) is -0.254. The lowest BCUT2D eigenvalue weighted by Gasteiger charge is -2.11. The van der Waals surface area contributed by atoms with Gasteiger partial charge in [-0.05, 0) is 13.3 Å². The summed E-state index contributed by atoms with van der Waals surface area (Å²) in [6.45, 7) is 4.11. The van der Waals surface area contributed by atoms with Crippen LogP contribution in [0.15, 0.2) is 0 Å². The van der Waals surface area contributed by atoms with Crippen LogP contribution in [0.1, 0.15) is 13.3 Å². The number of hydrogen-bond acceptors (Lipinski definition) is 3. The van der Waals surface area contributed by atoms with Gasteiger partial charge in [-0.2, -0.15) is 0 Å². The van der Waals surface area contributed by atoms with Crippen molar-refractivity contribution in [3.63, 3.8) is 0 Å². The van der Waals surface area contributed by atoms with Crippen molar-refractivity contribution in [3.05, 3.63) is 0 Å². The van der Waals surface area contributed by atoms with Gasteiger partial charge in [0.2, 0.25) is 0 Å². The van der Waals surface area contributed by atoms with E-state index in [1.165, 1.54) is 0 Å². The van der Waals surface area contributed by atoms with Crippen LogP contribution in [0.5, 0.6) is 0 Å². The molecule has 3 nitrogen and oxygen atoms in total. The average molecular weight is 145 g/mol. The van der Waals surface area contributed by atoms with Crippen molar-refractivity contribution in [3.8, 4) is 0 Å². The quantitative estimate of drug-likeness (QED) is 0.575. The van der Waals surface area contributed by atoms with Crippen molar-refractivity contribution >= 4 is 0 Å². The van der Waals surface area contributed by atoms with Crippen molar-refractivity contribution < 1.29 is 9.84 Å². The fourth-order valence-electron chi connectivity index (χ4n) is 1.03. The number of aliphatic hydroxyl groups excluding tert-OH is 1. The molecule has 1 aliphatic heterocycles. The molecule has 1 unspecified atom stereocenters. The number of ether oxygens (including phenoxy) is 1. The van der Waals surface area contributed by atoms with Crippen molar-refractivity contribution in [1.29, 1.82) is 0 Å². The minimum absolute atomic E-state index is 0.249. The number of nitrogens with one attached hydrogen (secondary N) is 1. The van der Waals surface area contributed by atoms with Gasteiger partial charge in [0.25, 0.3) is 0 Å². The van der Waals surface area contributed by atoms with Crippen LogP contribution in [0, 0.1) is 0 Å². The van der Waals surface area contributed by atoms with Gasteiger partial charge < -0.3 is 15.2 Å². The highest BCUT2D eigenvalue weighted by molar-refractivity contribution is 4.71. The monoisotopic (exact) mass is 145 g/mol. The highest BCUT2D eigenvalue weighted by atomic mass is 16.5. The molecule has 1 rings (SSSR count). The molecule has 0 aromatic rings. The van der Waals surface area contributed by atoms with Crippen molar-refractivity contribution in [2.75, 3.05) is 19.8 Å². The molecule has 2 atom stereocenters. The van der Waals surface area contributed by atoms with E-state index in [0.717, 1.165) is 19.6 Å². The molecule has 1 saturated heterocycles. The minimum Gasteiger partial charge on any atom is -0.392 e. The Morgan fingerprint density at radius 2 is 2.60 bits per heavy atom. The minimum atomic E-state index is -0.249. The van der Waals surface area contributed by atoms with Gasteiger partial charge in [-0.3, -0.25) is 0 Å². The first-order chi connectivity index (χ1) is 4.79. The Bertz CT molecular complexity index is 89.6. The summed E-state index contributed by atoms with van der Waals surface area (Å²) in [7, 11) is 0. The van der Waals surface area contributed by atoms with Gasteiger partial charge in [0.15, 0.2) is 0 Å². The summed E-state index contributed by atoms with van der Waals surface area (Å²) in [5.74, 6) is 0.